The van der Waals surface area contributed by atoms with Crippen LogP contribution in [0.2, 0.25) is 0 Å². The van der Waals surface area contributed by atoms with Crippen molar-refractivity contribution >= 4 is 72.1 Å². The van der Waals surface area contributed by atoms with Crippen molar-refractivity contribution in [1.29, 1.82) is 0 Å². The first kappa shape index (κ1) is 64.1. The normalized spacial score (nSPS) is 11.9. The summed E-state index contributed by atoms with van der Waals surface area (Å²) in [6.07, 6.45) is 0. The summed E-state index contributed by atoms with van der Waals surface area (Å²) in [5.41, 5.74) is 0.312. The molecule has 0 spiro atoms. The fourth-order valence-corrected chi connectivity index (χ4v) is 9.90. The van der Waals surface area contributed by atoms with Gasteiger partial charge in [0.25, 0.3) is 20.2 Å². The average molecular weight is 1120 g/mol. The van der Waals surface area contributed by atoms with Gasteiger partial charge in [0.05, 0.1) is 19.6 Å². The van der Waals surface area contributed by atoms with Crippen molar-refractivity contribution in [3.8, 4) is 34.1 Å². The smallest absolute Gasteiger partial charge is 0.744 e. The van der Waals surface area contributed by atoms with E-state index < -0.39 is 102 Å². The standard InChI is InChI=1S/C38H32N2O20S6.4Na/c41-61(42,43)31-13-1-25(35(19-31)63(47,48)49)21-39-27-5-9-29(10-6-27)59-33-15-3-23(17-37(33)65(53,54)55)24-4-16-34(38(18-24)66(56,57)58)60-30-11-7-28(8-12-30)40-22-26-2-14-32(62(44,45)46)20-36(26)64(50,51)52;;;;/h1-20,39-40H,21-22H2,(H,41,42,43)(H,44,45,46)(H,47,48,49)(H,50,51,52)(H,53,54,55)(H,56,57,58);;;;/q;4*+1/p-4. The molecule has 350 valence electrons. The number of rotatable bonds is 17. The largest absolute Gasteiger partial charge is 1.00 e. The molecule has 22 nitrogen and oxygen atoms in total. The van der Waals surface area contributed by atoms with Gasteiger partial charge in [-0.3, -0.25) is 9.11 Å². The Balaban J connectivity index is 0.00000420. The Hall–Kier alpha value is -2.02. The predicted octanol–water partition coefficient (Wildman–Crippen LogP) is -7.71. The van der Waals surface area contributed by atoms with Crippen molar-refractivity contribution in [2.45, 2.75) is 42.5 Å². The number of benzene rings is 6. The second kappa shape index (κ2) is 25.0. The van der Waals surface area contributed by atoms with Crippen LogP contribution in [-0.2, 0) is 73.8 Å². The van der Waals surface area contributed by atoms with Gasteiger partial charge in [-0.1, -0.05) is 24.3 Å². The van der Waals surface area contributed by atoms with E-state index in [1.54, 1.807) is 0 Å². The van der Waals surface area contributed by atoms with Gasteiger partial charge in [0.2, 0.25) is 0 Å². The van der Waals surface area contributed by atoms with Gasteiger partial charge in [-0.05, 0) is 119 Å². The van der Waals surface area contributed by atoms with E-state index in [0.717, 1.165) is 48.5 Å². The Labute approximate surface area is 490 Å². The molecule has 6 rings (SSSR count). The Morgan fingerprint density at radius 1 is 0.386 bits per heavy atom. The third kappa shape index (κ3) is 17.0. The molecule has 0 bridgehead atoms. The Bertz CT molecular complexity index is 3350. The summed E-state index contributed by atoms with van der Waals surface area (Å²) in [5, 5.41) is 5.60. The Morgan fingerprint density at radius 3 is 0.971 bits per heavy atom. The summed E-state index contributed by atoms with van der Waals surface area (Å²) >= 11 is 0. The summed E-state index contributed by atoms with van der Waals surface area (Å²) in [6, 6.07) is 22.2. The van der Waals surface area contributed by atoms with Crippen molar-refractivity contribution in [2.24, 2.45) is 0 Å². The summed E-state index contributed by atoms with van der Waals surface area (Å²) < 4.78 is 220. The van der Waals surface area contributed by atoms with Crippen molar-refractivity contribution in [3.05, 3.63) is 132 Å². The number of hydrogen-bond donors (Lipinski definition) is 4. The van der Waals surface area contributed by atoms with Gasteiger partial charge in [-0.25, -0.2) is 33.7 Å². The van der Waals surface area contributed by atoms with Gasteiger partial charge in [0.15, 0.2) is 0 Å². The minimum Gasteiger partial charge on any atom is -0.744 e. The molecule has 0 heterocycles. The molecule has 6 aromatic carbocycles. The first-order valence-electron chi connectivity index (χ1n) is 17.8. The number of ether oxygens (including phenoxy) is 2. The second-order valence-corrected chi connectivity index (χ2v) is 21.8. The number of nitrogens with one attached hydrogen (secondary N) is 2. The minimum atomic E-state index is -5.20. The molecule has 4 N–H and O–H groups in total. The van der Waals surface area contributed by atoms with E-state index in [1.165, 1.54) is 60.7 Å². The van der Waals surface area contributed by atoms with Crippen LogP contribution in [0.1, 0.15) is 11.1 Å². The molecule has 0 aliphatic carbocycles. The Kier molecular flexibility index (Phi) is 22.9. The van der Waals surface area contributed by atoms with Crippen molar-refractivity contribution < 1.29 is 206 Å². The van der Waals surface area contributed by atoms with E-state index in [2.05, 4.69) is 10.6 Å². The van der Waals surface area contributed by atoms with Crippen molar-refractivity contribution in [2.75, 3.05) is 10.6 Å². The molecule has 70 heavy (non-hydrogen) atoms. The monoisotopic (exact) mass is 1120 g/mol. The summed E-state index contributed by atoms with van der Waals surface area (Å²) in [6.45, 7) is -0.646. The van der Waals surface area contributed by atoms with Crippen LogP contribution in [0.5, 0.6) is 23.0 Å². The molecular weight excluding hydrogens is 1090 g/mol. The fraction of sp³-hybridized carbons (Fsp3) is 0.0526. The summed E-state index contributed by atoms with van der Waals surface area (Å²) in [4.78, 5) is -5.24. The Morgan fingerprint density at radius 2 is 0.700 bits per heavy atom. The first-order chi connectivity index (χ1) is 30.5. The van der Waals surface area contributed by atoms with E-state index in [0.29, 0.717) is 23.5 Å². The molecule has 0 aliphatic heterocycles. The van der Waals surface area contributed by atoms with Gasteiger partial charge in [0.1, 0.15) is 73.3 Å². The van der Waals surface area contributed by atoms with Crippen LogP contribution in [0.25, 0.3) is 11.1 Å². The van der Waals surface area contributed by atoms with Crippen molar-refractivity contribution in [1.82, 2.24) is 0 Å². The molecule has 0 saturated heterocycles. The molecule has 0 amide bonds. The molecule has 0 aliphatic rings. The SMILES string of the molecule is O=S(=O)([O-])c1ccc(CNc2ccc(Oc3ccc(-c4ccc(Oc5ccc(NCc6ccc(S(=O)(=O)[O-])cc6S(=O)(=O)[O-])cc5)c(S(=O)(=O)O)c4)cc3S(=O)(=O)O)cc2)c(S(=O)(=O)[O-])c1.[Na+].[Na+].[Na+].[Na+]. The molecule has 32 heteroatoms. The van der Waals surface area contributed by atoms with Gasteiger partial charge in [-0.15, -0.1) is 0 Å². The molecule has 0 unspecified atom stereocenters. The molecule has 6 aromatic rings. The molecule has 0 saturated carbocycles. The maximum absolute atomic E-state index is 12.5. The van der Waals surface area contributed by atoms with Crippen LogP contribution in [0.15, 0.2) is 151 Å². The summed E-state index contributed by atoms with van der Waals surface area (Å²) in [7, 11) is -30.6. The number of anilines is 2. The summed E-state index contributed by atoms with van der Waals surface area (Å²) in [5.74, 6) is -0.756. The van der Waals surface area contributed by atoms with Crippen LogP contribution in [-0.4, -0.2) is 77.8 Å². The van der Waals surface area contributed by atoms with E-state index in [4.69, 9.17) is 9.47 Å². The fourth-order valence-electron chi connectivity index (χ4n) is 6.02. The predicted molar refractivity (Wildman–Crippen MR) is 224 cm³/mol. The quantitative estimate of drug-likeness (QED) is 0.0487. The van der Waals surface area contributed by atoms with Crippen LogP contribution >= 0.6 is 0 Å². The molecular formula is C38H28N2Na4O20S6. The van der Waals surface area contributed by atoms with E-state index in [9.17, 15) is 77.8 Å². The van der Waals surface area contributed by atoms with E-state index in [1.807, 2.05) is 0 Å². The van der Waals surface area contributed by atoms with Crippen LogP contribution in [0.4, 0.5) is 11.4 Å². The van der Waals surface area contributed by atoms with Crippen molar-refractivity contribution in [3.63, 3.8) is 0 Å². The molecule has 0 aromatic heterocycles. The van der Waals surface area contributed by atoms with Crippen LogP contribution < -0.4 is 138 Å². The molecule has 0 atom stereocenters. The zero-order valence-electron chi connectivity index (χ0n) is 36.7. The van der Waals surface area contributed by atoms with Crippen LogP contribution in [0.3, 0.4) is 0 Å². The third-order valence-electron chi connectivity index (χ3n) is 9.10. The zero-order chi connectivity index (χ0) is 48.6. The zero-order valence-corrected chi connectivity index (χ0v) is 49.6. The molecule has 0 fully saturated rings. The second-order valence-electron chi connectivity index (χ2n) is 13.6. The van der Waals surface area contributed by atoms with Gasteiger partial charge < -0.3 is 38.3 Å². The topological polar surface area (TPSA) is 380 Å². The van der Waals surface area contributed by atoms with Gasteiger partial charge >= 0.3 is 118 Å². The maximum atomic E-state index is 12.5. The average Bonchev–Trinajstić information content (AvgIpc) is 3.21. The number of hydrogen-bond acceptors (Lipinski definition) is 20. The minimum absolute atomic E-state index is 0. The van der Waals surface area contributed by atoms with Gasteiger partial charge in [0, 0.05) is 24.5 Å². The third-order valence-corrected chi connectivity index (χ3v) is 14.3. The van der Waals surface area contributed by atoms with Gasteiger partial charge in [-0.2, -0.15) is 16.8 Å². The van der Waals surface area contributed by atoms with E-state index in [-0.39, 0.29) is 165 Å². The van der Waals surface area contributed by atoms with E-state index >= 15 is 0 Å². The first-order valence-corrected chi connectivity index (χ1v) is 26.3. The van der Waals surface area contributed by atoms with Crippen LogP contribution in [0, 0.1) is 0 Å². The molecule has 0 radical (unpaired) electrons. The maximum Gasteiger partial charge on any atom is 1.00 e.